The molecular weight excluding hydrogens is 470 g/mol. The minimum Gasteiger partial charge on any atom is -0.398 e. The van der Waals surface area contributed by atoms with Gasteiger partial charge in [0.1, 0.15) is 5.82 Å². The van der Waals surface area contributed by atoms with Gasteiger partial charge in [-0.15, -0.1) is 0 Å². The maximum atomic E-state index is 12.1. The number of nitrogen functional groups attached to an aromatic ring is 1. The molecule has 11 heteroatoms. The molecule has 0 atom stereocenters. The molecule has 2 aromatic rings. The molecule has 0 saturated heterocycles. The summed E-state index contributed by atoms with van der Waals surface area (Å²) < 4.78 is 0. The number of hydrogen-bond donors (Lipinski definition) is 5. The van der Waals surface area contributed by atoms with Crippen molar-refractivity contribution in [3.63, 3.8) is 0 Å². The number of likely N-dealkylation sites (N-methyl/N-ethyl adjacent to an activating group) is 2. The van der Waals surface area contributed by atoms with Crippen molar-refractivity contribution in [1.82, 2.24) is 25.1 Å². The van der Waals surface area contributed by atoms with E-state index in [1.165, 1.54) is 17.2 Å². The van der Waals surface area contributed by atoms with E-state index in [4.69, 9.17) is 11.1 Å². The first kappa shape index (κ1) is 28.8. The lowest BCUT2D eigenvalue weighted by atomic mass is 10.2. The molecule has 0 radical (unpaired) electrons. The highest BCUT2D eigenvalue weighted by molar-refractivity contribution is 5.91. The zero-order valence-corrected chi connectivity index (χ0v) is 21.8. The van der Waals surface area contributed by atoms with E-state index in [-0.39, 0.29) is 18.4 Å². The summed E-state index contributed by atoms with van der Waals surface area (Å²) in [5.41, 5.74) is 8.32. The molecule has 37 heavy (non-hydrogen) atoms. The fourth-order valence-electron chi connectivity index (χ4n) is 3.03. The second kappa shape index (κ2) is 14.9. The van der Waals surface area contributed by atoms with E-state index in [2.05, 4.69) is 37.8 Å². The van der Waals surface area contributed by atoms with Gasteiger partial charge in [0.05, 0.1) is 18.3 Å². The Morgan fingerprint density at radius 1 is 1.24 bits per heavy atom. The highest BCUT2D eigenvalue weighted by Gasteiger charge is 2.10. The number of hydrogen-bond acceptors (Lipinski definition) is 9. The summed E-state index contributed by atoms with van der Waals surface area (Å²) >= 11 is 0. The summed E-state index contributed by atoms with van der Waals surface area (Å²) in [5.74, 6) is 6.66. The lowest BCUT2D eigenvalue weighted by Gasteiger charge is -2.14. The lowest BCUT2D eigenvalue weighted by molar-refractivity contribution is -0.131. The van der Waals surface area contributed by atoms with Crippen molar-refractivity contribution in [3.8, 4) is 11.8 Å². The van der Waals surface area contributed by atoms with E-state index in [1.807, 2.05) is 19.0 Å². The molecule has 1 heterocycles. The number of carbonyl (C=O) groups excluding carboxylic acids is 2. The van der Waals surface area contributed by atoms with Crippen molar-refractivity contribution < 1.29 is 9.59 Å². The van der Waals surface area contributed by atoms with Gasteiger partial charge >= 0.3 is 0 Å². The number of anilines is 4. The Labute approximate surface area is 218 Å². The summed E-state index contributed by atoms with van der Waals surface area (Å²) in [4.78, 5) is 36.2. The maximum Gasteiger partial charge on any atom is 0.246 e. The standard InChI is InChI=1S/C26H35N9O2/c1-29-25-19(17-31-26(33-25)32-21-11-12-22(28)20(15-21)16-27)9-6-5-7-13-30-23(36)18-35(4)24(37)10-8-14-34(2)3/h8,10-12,15-17,27H,5,7,13-14,18,28H2,1-4H3,(H,30,36)(H2,29,31,32,33)/b10-8+,27-16?. The molecule has 196 valence electrons. The first-order chi connectivity index (χ1) is 17.7. The van der Waals surface area contributed by atoms with Gasteiger partial charge in [0, 0.05) is 62.8 Å². The van der Waals surface area contributed by atoms with Crippen LogP contribution in [0, 0.1) is 17.3 Å². The normalized spacial score (nSPS) is 10.5. The van der Waals surface area contributed by atoms with Gasteiger partial charge < -0.3 is 36.9 Å². The molecule has 0 bridgehead atoms. The van der Waals surface area contributed by atoms with Gasteiger partial charge in [-0.3, -0.25) is 9.59 Å². The minimum absolute atomic E-state index is 0.000878. The molecule has 0 unspecified atom stereocenters. The number of benzene rings is 1. The van der Waals surface area contributed by atoms with Crippen molar-refractivity contribution >= 4 is 41.2 Å². The van der Waals surface area contributed by atoms with E-state index >= 15 is 0 Å². The van der Waals surface area contributed by atoms with E-state index in [9.17, 15) is 9.59 Å². The van der Waals surface area contributed by atoms with Crippen molar-refractivity contribution in [1.29, 1.82) is 5.41 Å². The number of unbranched alkanes of at least 4 members (excludes halogenated alkanes) is 1. The maximum absolute atomic E-state index is 12.1. The summed E-state index contributed by atoms with van der Waals surface area (Å²) in [7, 11) is 7.18. The van der Waals surface area contributed by atoms with Gasteiger partial charge in [-0.25, -0.2) is 4.98 Å². The number of nitrogens with one attached hydrogen (secondary N) is 4. The molecule has 1 aromatic carbocycles. The van der Waals surface area contributed by atoms with E-state index in [1.54, 1.807) is 44.6 Å². The average Bonchev–Trinajstić information content (AvgIpc) is 2.87. The van der Waals surface area contributed by atoms with Crippen LogP contribution in [-0.4, -0.2) is 85.6 Å². The number of rotatable bonds is 12. The Morgan fingerprint density at radius 3 is 2.73 bits per heavy atom. The van der Waals surface area contributed by atoms with Crippen LogP contribution in [0.25, 0.3) is 0 Å². The van der Waals surface area contributed by atoms with Crippen LogP contribution >= 0.6 is 0 Å². The third-order valence-corrected chi connectivity index (χ3v) is 5.04. The molecule has 0 aliphatic carbocycles. The number of amides is 2. The smallest absolute Gasteiger partial charge is 0.246 e. The Morgan fingerprint density at radius 2 is 2.03 bits per heavy atom. The predicted molar refractivity (Wildman–Crippen MR) is 148 cm³/mol. The van der Waals surface area contributed by atoms with Crippen LogP contribution in [0.3, 0.4) is 0 Å². The van der Waals surface area contributed by atoms with Gasteiger partial charge in [-0.1, -0.05) is 17.9 Å². The largest absolute Gasteiger partial charge is 0.398 e. The topological polar surface area (TPSA) is 152 Å². The molecule has 2 amide bonds. The SMILES string of the molecule is CNc1nc(Nc2ccc(N)c(C=N)c2)ncc1C#CCCCNC(=O)CN(C)C(=O)/C=C/CN(C)C. The van der Waals surface area contributed by atoms with Crippen molar-refractivity contribution in [2.45, 2.75) is 12.8 Å². The predicted octanol–water partition coefficient (Wildman–Crippen LogP) is 1.67. The van der Waals surface area contributed by atoms with Crippen LogP contribution in [0.1, 0.15) is 24.0 Å². The van der Waals surface area contributed by atoms with Gasteiger partial charge in [-0.2, -0.15) is 4.98 Å². The molecule has 0 aliphatic rings. The third kappa shape index (κ3) is 9.99. The second-order valence-corrected chi connectivity index (χ2v) is 8.43. The molecule has 11 nitrogen and oxygen atoms in total. The van der Waals surface area contributed by atoms with Crippen molar-refractivity contribution in [2.24, 2.45) is 0 Å². The molecule has 0 spiro atoms. The van der Waals surface area contributed by atoms with Crippen LogP contribution in [0.15, 0.2) is 36.5 Å². The first-order valence-corrected chi connectivity index (χ1v) is 11.8. The Bertz CT molecular complexity index is 1180. The van der Waals surface area contributed by atoms with E-state index in [0.29, 0.717) is 60.2 Å². The fourth-order valence-corrected chi connectivity index (χ4v) is 3.03. The van der Waals surface area contributed by atoms with Crippen LogP contribution < -0.4 is 21.7 Å². The second-order valence-electron chi connectivity index (χ2n) is 8.43. The third-order valence-electron chi connectivity index (χ3n) is 5.04. The van der Waals surface area contributed by atoms with Crippen LogP contribution in [0.2, 0.25) is 0 Å². The van der Waals surface area contributed by atoms with Gasteiger partial charge in [0.15, 0.2) is 0 Å². The van der Waals surface area contributed by atoms with Gasteiger partial charge in [-0.05, 0) is 38.7 Å². The Hall–Kier alpha value is -4.43. The molecule has 2 rings (SSSR count). The van der Waals surface area contributed by atoms with Gasteiger partial charge in [0.2, 0.25) is 17.8 Å². The zero-order chi connectivity index (χ0) is 27.2. The summed E-state index contributed by atoms with van der Waals surface area (Å²) in [6.07, 6.45) is 7.30. The summed E-state index contributed by atoms with van der Waals surface area (Å²) in [6.45, 7) is 1.12. The first-order valence-electron chi connectivity index (χ1n) is 11.8. The highest BCUT2D eigenvalue weighted by Crippen LogP contribution is 2.20. The van der Waals surface area contributed by atoms with Crippen LogP contribution in [0.4, 0.5) is 23.1 Å². The molecule has 0 aliphatic heterocycles. The molecule has 6 N–H and O–H groups in total. The minimum atomic E-state index is -0.215. The monoisotopic (exact) mass is 505 g/mol. The summed E-state index contributed by atoms with van der Waals surface area (Å²) in [6, 6.07) is 5.25. The van der Waals surface area contributed by atoms with E-state index in [0.717, 1.165) is 0 Å². The number of nitrogens with two attached hydrogens (primary N) is 1. The Kier molecular flexibility index (Phi) is 11.6. The number of aromatic nitrogens is 2. The zero-order valence-electron chi connectivity index (χ0n) is 21.8. The lowest BCUT2D eigenvalue weighted by Crippen LogP contribution is -2.38. The summed E-state index contributed by atoms with van der Waals surface area (Å²) in [5, 5.41) is 16.3. The fraction of sp³-hybridized carbons (Fsp3) is 0.346. The van der Waals surface area contributed by atoms with Gasteiger partial charge in [0.25, 0.3) is 0 Å². The molecule has 1 aromatic heterocycles. The van der Waals surface area contributed by atoms with Crippen LogP contribution in [-0.2, 0) is 9.59 Å². The Balaban J connectivity index is 1.81. The number of nitrogens with zero attached hydrogens (tertiary/aromatic N) is 4. The molecular formula is C26H35N9O2. The highest BCUT2D eigenvalue weighted by atomic mass is 16.2. The van der Waals surface area contributed by atoms with E-state index < -0.39 is 0 Å². The van der Waals surface area contributed by atoms with Crippen LogP contribution in [0.5, 0.6) is 0 Å². The average molecular weight is 506 g/mol. The quantitative estimate of drug-likeness (QED) is 0.0960. The molecule has 0 saturated carbocycles. The van der Waals surface area contributed by atoms with Crippen molar-refractivity contribution in [2.75, 3.05) is 64.2 Å². The van der Waals surface area contributed by atoms with Crippen molar-refractivity contribution in [3.05, 3.63) is 47.7 Å². The number of carbonyl (C=O) groups is 2. The molecule has 0 fully saturated rings.